The number of benzene rings is 1. The summed E-state index contributed by atoms with van der Waals surface area (Å²) in [6.45, 7) is 0. The van der Waals surface area contributed by atoms with Crippen LogP contribution in [0.25, 0.3) is 5.69 Å². The maximum Gasteiger partial charge on any atom is 0.272 e. The van der Waals surface area contributed by atoms with E-state index in [0.717, 1.165) is 6.07 Å². The van der Waals surface area contributed by atoms with Crippen molar-refractivity contribution in [3.63, 3.8) is 0 Å². The van der Waals surface area contributed by atoms with E-state index in [4.69, 9.17) is 0 Å². The average Bonchev–Trinajstić information content (AvgIpc) is 2.64. The molecule has 0 aliphatic carbocycles. The molecule has 1 aromatic heterocycles. The Hall–Kier alpha value is -1.76. The molecule has 2 aromatic rings. The molecule has 2 rings (SSSR count). The molecule has 0 saturated carbocycles. The van der Waals surface area contributed by atoms with Gasteiger partial charge in [0.1, 0.15) is 10.3 Å². The van der Waals surface area contributed by atoms with Gasteiger partial charge in [0, 0.05) is 12.3 Å². The van der Waals surface area contributed by atoms with Crippen LogP contribution in [0, 0.1) is 15.9 Å². The Balaban J connectivity index is 2.47. The van der Waals surface area contributed by atoms with Crippen LogP contribution in [-0.4, -0.2) is 14.7 Å². The third-order valence-corrected chi connectivity index (χ3v) is 2.37. The van der Waals surface area contributed by atoms with E-state index in [1.807, 2.05) is 0 Å². The first kappa shape index (κ1) is 10.7. The summed E-state index contributed by atoms with van der Waals surface area (Å²) in [6.07, 6.45) is 1.55. The summed E-state index contributed by atoms with van der Waals surface area (Å²) < 4.78 is 15.4. The molecule has 82 valence electrons. The number of hydrogen-bond donors (Lipinski definition) is 0. The van der Waals surface area contributed by atoms with E-state index in [-0.39, 0.29) is 11.4 Å². The largest absolute Gasteiger partial charge is 0.272 e. The van der Waals surface area contributed by atoms with Gasteiger partial charge in [0.05, 0.1) is 11.0 Å². The molecule has 0 saturated heterocycles. The van der Waals surface area contributed by atoms with Gasteiger partial charge in [-0.05, 0) is 28.1 Å². The summed E-state index contributed by atoms with van der Waals surface area (Å²) in [4.78, 5) is 9.77. The monoisotopic (exact) mass is 285 g/mol. The van der Waals surface area contributed by atoms with E-state index in [9.17, 15) is 14.5 Å². The van der Waals surface area contributed by atoms with Crippen molar-refractivity contribution in [2.24, 2.45) is 0 Å². The lowest BCUT2D eigenvalue weighted by Crippen LogP contribution is -1.99. The van der Waals surface area contributed by atoms with Crippen molar-refractivity contribution in [1.29, 1.82) is 0 Å². The Morgan fingerprint density at radius 3 is 2.69 bits per heavy atom. The predicted molar refractivity (Wildman–Crippen MR) is 57.9 cm³/mol. The summed E-state index contributed by atoms with van der Waals surface area (Å²) in [5.74, 6) is -0.690. The van der Waals surface area contributed by atoms with Crippen molar-refractivity contribution in [1.82, 2.24) is 9.78 Å². The van der Waals surface area contributed by atoms with Crippen molar-refractivity contribution >= 4 is 21.6 Å². The molecular formula is C9H5BrFN3O2. The van der Waals surface area contributed by atoms with Crippen LogP contribution in [0.2, 0.25) is 0 Å². The molecule has 7 heteroatoms. The average molecular weight is 286 g/mol. The molecule has 0 atom stereocenters. The van der Waals surface area contributed by atoms with Crippen LogP contribution in [0.5, 0.6) is 0 Å². The minimum Gasteiger partial charge on any atom is -0.258 e. The van der Waals surface area contributed by atoms with E-state index in [1.54, 1.807) is 12.3 Å². The predicted octanol–water partition coefficient (Wildman–Crippen LogP) is 2.68. The molecular weight excluding hydrogens is 281 g/mol. The maximum atomic E-state index is 13.5. The Bertz CT molecular complexity index is 555. The number of halogens is 2. The van der Waals surface area contributed by atoms with Crippen molar-refractivity contribution < 1.29 is 9.31 Å². The van der Waals surface area contributed by atoms with E-state index in [2.05, 4.69) is 21.0 Å². The molecule has 5 nitrogen and oxygen atoms in total. The van der Waals surface area contributed by atoms with E-state index < -0.39 is 10.7 Å². The SMILES string of the molecule is O=[N+]([O-])c1ccc(-n2ccc(Br)n2)c(F)c1. The number of nitro benzene ring substituents is 1. The van der Waals surface area contributed by atoms with Crippen molar-refractivity contribution in [2.45, 2.75) is 0 Å². The molecule has 1 heterocycles. The lowest BCUT2D eigenvalue weighted by molar-refractivity contribution is -0.385. The normalized spacial score (nSPS) is 10.4. The van der Waals surface area contributed by atoms with Gasteiger partial charge in [-0.2, -0.15) is 5.10 Å². The number of nitrogens with zero attached hydrogens (tertiary/aromatic N) is 3. The summed E-state index contributed by atoms with van der Waals surface area (Å²) in [6, 6.07) is 5.05. The van der Waals surface area contributed by atoms with Gasteiger partial charge in [0.25, 0.3) is 5.69 Å². The highest BCUT2D eigenvalue weighted by atomic mass is 79.9. The highest BCUT2D eigenvalue weighted by molar-refractivity contribution is 9.10. The second-order valence-electron chi connectivity index (χ2n) is 2.98. The fraction of sp³-hybridized carbons (Fsp3) is 0. The van der Waals surface area contributed by atoms with Gasteiger partial charge in [-0.15, -0.1) is 0 Å². The highest BCUT2D eigenvalue weighted by Crippen LogP contribution is 2.20. The third kappa shape index (κ3) is 1.94. The lowest BCUT2D eigenvalue weighted by Gasteiger charge is -2.02. The van der Waals surface area contributed by atoms with Gasteiger partial charge in [-0.3, -0.25) is 10.1 Å². The molecule has 0 N–H and O–H groups in total. The second kappa shape index (κ2) is 4.01. The van der Waals surface area contributed by atoms with Gasteiger partial charge in [-0.25, -0.2) is 9.07 Å². The van der Waals surface area contributed by atoms with Crippen LogP contribution in [-0.2, 0) is 0 Å². The standard InChI is InChI=1S/C9H5BrFN3O2/c10-9-3-4-13(12-9)8-2-1-6(14(15)16)5-7(8)11/h1-5H. The van der Waals surface area contributed by atoms with Gasteiger partial charge in [0.15, 0.2) is 5.82 Å². The fourth-order valence-electron chi connectivity index (χ4n) is 1.23. The van der Waals surface area contributed by atoms with Crippen LogP contribution >= 0.6 is 15.9 Å². The van der Waals surface area contributed by atoms with Crippen molar-refractivity contribution in [3.05, 3.63) is 51.0 Å². The first-order valence-corrected chi connectivity index (χ1v) is 5.03. The van der Waals surface area contributed by atoms with Crippen LogP contribution in [0.4, 0.5) is 10.1 Å². The summed E-state index contributed by atoms with van der Waals surface area (Å²) >= 11 is 3.13. The Kier molecular flexibility index (Phi) is 2.69. The van der Waals surface area contributed by atoms with Crippen LogP contribution in [0.3, 0.4) is 0 Å². The first-order chi connectivity index (χ1) is 7.58. The van der Waals surface area contributed by atoms with Gasteiger partial charge < -0.3 is 0 Å². The lowest BCUT2D eigenvalue weighted by atomic mass is 10.3. The van der Waals surface area contributed by atoms with Crippen molar-refractivity contribution in [2.75, 3.05) is 0 Å². The van der Waals surface area contributed by atoms with Gasteiger partial charge in [0.2, 0.25) is 0 Å². The molecule has 16 heavy (non-hydrogen) atoms. The smallest absolute Gasteiger partial charge is 0.258 e. The van der Waals surface area contributed by atoms with Crippen LogP contribution < -0.4 is 0 Å². The van der Waals surface area contributed by atoms with Gasteiger partial charge in [-0.1, -0.05) is 0 Å². The third-order valence-electron chi connectivity index (χ3n) is 1.95. The summed E-state index contributed by atoms with van der Waals surface area (Å²) in [5, 5.41) is 14.4. The molecule has 0 bridgehead atoms. The van der Waals surface area contributed by atoms with Gasteiger partial charge >= 0.3 is 0 Å². The molecule has 0 unspecified atom stereocenters. The molecule has 0 aliphatic heterocycles. The number of hydrogen-bond acceptors (Lipinski definition) is 3. The molecule has 1 aromatic carbocycles. The van der Waals surface area contributed by atoms with E-state index in [0.29, 0.717) is 4.60 Å². The maximum absolute atomic E-state index is 13.5. The zero-order valence-electron chi connectivity index (χ0n) is 7.80. The molecule has 0 spiro atoms. The number of nitro groups is 1. The number of rotatable bonds is 2. The Labute approximate surface area is 97.8 Å². The summed E-state index contributed by atoms with van der Waals surface area (Å²) in [7, 11) is 0. The summed E-state index contributed by atoms with van der Waals surface area (Å²) in [5.41, 5.74) is -0.122. The first-order valence-electron chi connectivity index (χ1n) is 4.23. The van der Waals surface area contributed by atoms with E-state index >= 15 is 0 Å². The minimum atomic E-state index is -0.690. The van der Waals surface area contributed by atoms with Crippen molar-refractivity contribution in [3.8, 4) is 5.69 Å². The number of non-ortho nitro benzene ring substituents is 1. The quantitative estimate of drug-likeness (QED) is 0.630. The minimum absolute atomic E-state index is 0.163. The second-order valence-corrected chi connectivity index (χ2v) is 3.79. The zero-order valence-corrected chi connectivity index (χ0v) is 9.39. The van der Waals surface area contributed by atoms with E-state index in [1.165, 1.54) is 16.8 Å². The molecule has 0 fully saturated rings. The number of aromatic nitrogens is 2. The highest BCUT2D eigenvalue weighted by Gasteiger charge is 2.12. The molecule has 0 amide bonds. The Morgan fingerprint density at radius 1 is 1.44 bits per heavy atom. The van der Waals surface area contributed by atoms with Crippen LogP contribution in [0.15, 0.2) is 35.1 Å². The van der Waals surface area contributed by atoms with Crippen LogP contribution in [0.1, 0.15) is 0 Å². The zero-order chi connectivity index (χ0) is 11.7. The topological polar surface area (TPSA) is 61.0 Å². The fourth-order valence-corrected chi connectivity index (χ4v) is 1.52. The molecule has 0 radical (unpaired) electrons. The molecule has 0 aliphatic rings. The Morgan fingerprint density at radius 2 is 2.19 bits per heavy atom.